The Kier molecular flexibility index (Phi) is 7.22. The molecule has 1 unspecified atom stereocenters. The zero-order chi connectivity index (χ0) is 16.5. The van der Waals surface area contributed by atoms with Gasteiger partial charge in [-0.3, -0.25) is 9.59 Å². The Morgan fingerprint density at radius 3 is 2.50 bits per heavy atom. The molecular weight excluding hydrogens is 286 g/mol. The number of hydrogen-bond donors (Lipinski definition) is 2. The van der Waals surface area contributed by atoms with Crippen LogP contribution < -0.4 is 14.8 Å². The van der Waals surface area contributed by atoms with Crippen LogP contribution in [0.5, 0.6) is 11.5 Å². The summed E-state index contributed by atoms with van der Waals surface area (Å²) in [4.78, 5) is 22.4. The number of nitrogens with one attached hydrogen (secondary N) is 1. The number of methoxy groups -OCH3 is 2. The number of rotatable bonds is 9. The monoisotopic (exact) mass is 309 g/mol. The van der Waals surface area contributed by atoms with Crippen LogP contribution in [0.1, 0.15) is 25.3 Å². The molecule has 0 aliphatic heterocycles. The SMILES string of the molecule is COc1ccc(CC(C)C(=O)NCCCC(=O)O)cc1OC. The number of carboxylic acids is 1. The van der Waals surface area contributed by atoms with E-state index in [4.69, 9.17) is 14.6 Å². The summed E-state index contributed by atoms with van der Waals surface area (Å²) in [6.07, 6.45) is 1.07. The molecule has 122 valence electrons. The van der Waals surface area contributed by atoms with Gasteiger partial charge in [0.2, 0.25) is 5.91 Å². The molecule has 0 aliphatic rings. The number of carbonyl (C=O) groups is 2. The molecule has 0 aliphatic carbocycles. The van der Waals surface area contributed by atoms with Gasteiger partial charge in [-0.2, -0.15) is 0 Å². The highest BCUT2D eigenvalue weighted by molar-refractivity contribution is 5.78. The van der Waals surface area contributed by atoms with Gasteiger partial charge >= 0.3 is 5.97 Å². The molecule has 1 atom stereocenters. The van der Waals surface area contributed by atoms with Crippen LogP contribution in [0, 0.1) is 5.92 Å². The highest BCUT2D eigenvalue weighted by Crippen LogP contribution is 2.28. The van der Waals surface area contributed by atoms with Crippen LogP contribution in [0.15, 0.2) is 18.2 Å². The van der Waals surface area contributed by atoms with Gasteiger partial charge in [0.25, 0.3) is 0 Å². The quantitative estimate of drug-likeness (QED) is 0.680. The van der Waals surface area contributed by atoms with Crippen molar-refractivity contribution in [3.8, 4) is 11.5 Å². The van der Waals surface area contributed by atoms with Crippen LogP contribution in [0.3, 0.4) is 0 Å². The fourth-order valence-corrected chi connectivity index (χ4v) is 2.08. The van der Waals surface area contributed by atoms with Crippen molar-refractivity contribution in [3.05, 3.63) is 23.8 Å². The summed E-state index contributed by atoms with van der Waals surface area (Å²) in [7, 11) is 3.14. The smallest absolute Gasteiger partial charge is 0.303 e. The number of benzene rings is 1. The predicted octanol–water partition coefficient (Wildman–Crippen LogP) is 1.86. The highest BCUT2D eigenvalue weighted by Gasteiger charge is 2.14. The fourth-order valence-electron chi connectivity index (χ4n) is 2.08. The Morgan fingerprint density at radius 2 is 1.91 bits per heavy atom. The third kappa shape index (κ3) is 5.63. The van der Waals surface area contributed by atoms with Crippen LogP contribution >= 0.6 is 0 Å². The maximum atomic E-state index is 12.0. The van der Waals surface area contributed by atoms with Gasteiger partial charge in [-0.25, -0.2) is 0 Å². The van der Waals surface area contributed by atoms with E-state index in [1.54, 1.807) is 14.2 Å². The average molecular weight is 309 g/mol. The lowest BCUT2D eigenvalue weighted by molar-refractivity contribution is -0.137. The van der Waals surface area contributed by atoms with Crippen molar-refractivity contribution < 1.29 is 24.2 Å². The molecular formula is C16H23NO5. The van der Waals surface area contributed by atoms with E-state index in [9.17, 15) is 9.59 Å². The minimum absolute atomic E-state index is 0.0599. The standard InChI is InChI=1S/C16H23NO5/c1-11(16(20)17-8-4-5-15(18)19)9-12-6-7-13(21-2)14(10-12)22-3/h6-7,10-11H,4-5,8-9H2,1-3H3,(H,17,20)(H,18,19). The lowest BCUT2D eigenvalue weighted by Crippen LogP contribution is -2.31. The van der Waals surface area contributed by atoms with Crippen LogP contribution in [-0.2, 0) is 16.0 Å². The average Bonchev–Trinajstić information content (AvgIpc) is 2.50. The van der Waals surface area contributed by atoms with E-state index in [0.29, 0.717) is 30.9 Å². The molecule has 0 fully saturated rings. The molecule has 6 heteroatoms. The van der Waals surface area contributed by atoms with Gasteiger partial charge in [0, 0.05) is 18.9 Å². The summed E-state index contributed by atoms with van der Waals surface area (Å²) in [5.74, 6) is 0.141. The zero-order valence-corrected chi connectivity index (χ0v) is 13.2. The van der Waals surface area contributed by atoms with Gasteiger partial charge in [0.05, 0.1) is 14.2 Å². The first-order valence-electron chi connectivity index (χ1n) is 7.18. The summed E-state index contributed by atoms with van der Waals surface area (Å²) in [6.45, 7) is 2.21. The minimum atomic E-state index is -0.854. The molecule has 1 aromatic carbocycles. The third-order valence-electron chi connectivity index (χ3n) is 3.30. The number of carboxylic acid groups (broad SMARTS) is 1. The summed E-state index contributed by atoms with van der Waals surface area (Å²) in [5, 5.41) is 11.3. The van der Waals surface area contributed by atoms with Gasteiger partial charge in [0.1, 0.15) is 0 Å². The van der Waals surface area contributed by atoms with E-state index >= 15 is 0 Å². The summed E-state index contributed by atoms with van der Waals surface area (Å²) in [5.41, 5.74) is 0.978. The second-order valence-electron chi connectivity index (χ2n) is 5.08. The second kappa shape index (κ2) is 8.92. The lowest BCUT2D eigenvalue weighted by atomic mass is 10.00. The number of hydrogen-bond acceptors (Lipinski definition) is 4. The Bertz CT molecular complexity index is 515. The van der Waals surface area contributed by atoms with E-state index in [1.165, 1.54) is 0 Å². The van der Waals surface area contributed by atoms with E-state index in [2.05, 4.69) is 5.32 Å². The first-order valence-corrected chi connectivity index (χ1v) is 7.18. The molecule has 1 rings (SSSR count). The Hall–Kier alpha value is -2.24. The summed E-state index contributed by atoms with van der Waals surface area (Å²) in [6, 6.07) is 5.56. The Labute approximate surface area is 130 Å². The van der Waals surface area contributed by atoms with Crippen molar-refractivity contribution in [1.29, 1.82) is 0 Å². The number of ether oxygens (including phenoxy) is 2. The first-order chi connectivity index (χ1) is 10.5. The van der Waals surface area contributed by atoms with Gasteiger partial charge in [0.15, 0.2) is 11.5 Å². The largest absolute Gasteiger partial charge is 0.493 e. The molecule has 0 radical (unpaired) electrons. The highest BCUT2D eigenvalue weighted by atomic mass is 16.5. The number of carbonyl (C=O) groups excluding carboxylic acids is 1. The van der Waals surface area contributed by atoms with Crippen molar-refractivity contribution in [1.82, 2.24) is 5.32 Å². The molecule has 0 bridgehead atoms. The molecule has 6 nitrogen and oxygen atoms in total. The number of aliphatic carboxylic acids is 1. The zero-order valence-electron chi connectivity index (χ0n) is 13.2. The molecule has 2 N–H and O–H groups in total. The van der Waals surface area contributed by atoms with Crippen LogP contribution in [0.4, 0.5) is 0 Å². The van der Waals surface area contributed by atoms with Crippen LogP contribution in [0.25, 0.3) is 0 Å². The van der Waals surface area contributed by atoms with Crippen LogP contribution in [-0.4, -0.2) is 37.7 Å². The minimum Gasteiger partial charge on any atom is -0.493 e. The summed E-state index contributed by atoms with van der Waals surface area (Å²) >= 11 is 0. The molecule has 0 aromatic heterocycles. The second-order valence-corrected chi connectivity index (χ2v) is 5.08. The normalized spacial score (nSPS) is 11.6. The Balaban J connectivity index is 2.51. The van der Waals surface area contributed by atoms with Crippen molar-refractivity contribution in [3.63, 3.8) is 0 Å². The van der Waals surface area contributed by atoms with Crippen molar-refractivity contribution in [2.75, 3.05) is 20.8 Å². The molecule has 0 saturated heterocycles. The number of amides is 1. The van der Waals surface area contributed by atoms with Crippen molar-refractivity contribution >= 4 is 11.9 Å². The first kappa shape index (κ1) is 17.8. The maximum absolute atomic E-state index is 12.0. The van der Waals surface area contributed by atoms with E-state index < -0.39 is 5.97 Å². The molecule has 1 amide bonds. The van der Waals surface area contributed by atoms with E-state index in [-0.39, 0.29) is 18.2 Å². The molecule has 1 aromatic rings. The van der Waals surface area contributed by atoms with Crippen molar-refractivity contribution in [2.24, 2.45) is 5.92 Å². The van der Waals surface area contributed by atoms with Crippen molar-refractivity contribution in [2.45, 2.75) is 26.2 Å². The fraction of sp³-hybridized carbons (Fsp3) is 0.500. The summed E-state index contributed by atoms with van der Waals surface area (Å²) < 4.78 is 10.4. The third-order valence-corrected chi connectivity index (χ3v) is 3.30. The Morgan fingerprint density at radius 1 is 1.23 bits per heavy atom. The predicted molar refractivity (Wildman–Crippen MR) is 82.3 cm³/mol. The topological polar surface area (TPSA) is 84.9 Å². The van der Waals surface area contributed by atoms with Gasteiger partial charge in [-0.1, -0.05) is 13.0 Å². The van der Waals surface area contributed by atoms with Gasteiger partial charge < -0.3 is 19.9 Å². The van der Waals surface area contributed by atoms with E-state index in [0.717, 1.165) is 5.56 Å². The van der Waals surface area contributed by atoms with Crippen LogP contribution in [0.2, 0.25) is 0 Å². The molecule has 0 spiro atoms. The molecule has 0 heterocycles. The van der Waals surface area contributed by atoms with Gasteiger partial charge in [-0.05, 0) is 30.5 Å². The van der Waals surface area contributed by atoms with Gasteiger partial charge in [-0.15, -0.1) is 0 Å². The lowest BCUT2D eigenvalue weighted by Gasteiger charge is -2.14. The molecule has 22 heavy (non-hydrogen) atoms. The van der Waals surface area contributed by atoms with E-state index in [1.807, 2.05) is 25.1 Å². The molecule has 0 saturated carbocycles. The maximum Gasteiger partial charge on any atom is 0.303 e.